The molecule has 0 saturated carbocycles. The first-order valence-corrected chi connectivity index (χ1v) is 6.37. The van der Waals surface area contributed by atoms with Crippen LogP contribution in [0.3, 0.4) is 0 Å². The molecule has 0 aliphatic rings. The summed E-state index contributed by atoms with van der Waals surface area (Å²) in [6.07, 6.45) is 0. The Labute approximate surface area is 110 Å². The highest BCUT2D eigenvalue weighted by atomic mass is 32.1. The zero-order valence-electron chi connectivity index (χ0n) is 10.3. The van der Waals surface area contributed by atoms with Crippen LogP contribution in [-0.4, -0.2) is 25.1 Å². The van der Waals surface area contributed by atoms with Crippen molar-refractivity contribution in [3.63, 3.8) is 0 Å². The molecule has 0 N–H and O–H groups in total. The molecule has 0 bridgehead atoms. The fourth-order valence-electron chi connectivity index (χ4n) is 1.56. The lowest BCUT2D eigenvalue weighted by Gasteiger charge is -2.15. The molecule has 0 saturated heterocycles. The number of rotatable bonds is 4. The van der Waals surface area contributed by atoms with Gasteiger partial charge in [0.1, 0.15) is 0 Å². The van der Waals surface area contributed by atoms with E-state index in [1.54, 1.807) is 5.38 Å². The first-order chi connectivity index (χ1) is 8.70. The Morgan fingerprint density at radius 3 is 2.78 bits per heavy atom. The average molecular weight is 262 g/mol. The molecule has 2 rings (SSSR count). The molecule has 94 valence electrons. The van der Waals surface area contributed by atoms with Crippen LogP contribution in [-0.2, 0) is 11.3 Å². The standard InChI is InChI=1S/C13H14N2O2S/c1-15(8-10-6-4-3-5-7-10)13-14-11(9-18-13)12(16)17-2/h3-7,9H,8H2,1-2H3. The molecule has 1 heterocycles. The molecule has 0 aliphatic heterocycles. The van der Waals surface area contributed by atoms with Crippen molar-refractivity contribution in [3.8, 4) is 0 Å². The Balaban J connectivity index is 2.07. The molecule has 18 heavy (non-hydrogen) atoms. The van der Waals surface area contributed by atoms with Crippen molar-refractivity contribution in [3.05, 3.63) is 47.0 Å². The number of nitrogens with zero attached hydrogens (tertiary/aromatic N) is 2. The van der Waals surface area contributed by atoms with Crippen LogP contribution in [0.25, 0.3) is 0 Å². The predicted octanol–water partition coefficient (Wildman–Crippen LogP) is 2.57. The van der Waals surface area contributed by atoms with Gasteiger partial charge in [0.15, 0.2) is 10.8 Å². The molecule has 0 unspecified atom stereocenters. The SMILES string of the molecule is COC(=O)c1csc(N(C)Cc2ccccc2)n1. The van der Waals surface area contributed by atoms with Gasteiger partial charge in [-0.1, -0.05) is 30.3 Å². The monoisotopic (exact) mass is 262 g/mol. The van der Waals surface area contributed by atoms with E-state index in [2.05, 4.69) is 21.9 Å². The number of hydrogen-bond donors (Lipinski definition) is 0. The molecule has 0 radical (unpaired) electrons. The average Bonchev–Trinajstić information content (AvgIpc) is 2.88. The number of thiazole rings is 1. The second-order valence-electron chi connectivity index (χ2n) is 3.85. The fourth-order valence-corrected chi connectivity index (χ4v) is 2.32. The van der Waals surface area contributed by atoms with E-state index >= 15 is 0 Å². The summed E-state index contributed by atoms with van der Waals surface area (Å²) >= 11 is 1.43. The molecular weight excluding hydrogens is 248 g/mol. The maximum atomic E-state index is 11.3. The number of methoxy groups -OCH3 is 1. The topological polar surface area (TPSA) is 42.4 Å². The third-order valence-corrected chi connectivity index (χ3v) is 3.43. The van der Waals surface area contributed by atoms with Gasteiger partial charge >= 0.3 is 5.97 Å². The van der Waals surface area contributed by atoms with Gasteiger partial charge < -0.3 is 9.64 Å². The molecule has 0 atom stereocenters. The molecule has 5 heteroatoms. The van der Waals surface area contributed by atoms with Gasteiger partial charge in [-0.3, -0.25) is 0 Å². The van der Waals surface area contributed by atoms with Crippen molar-refractivity contribution in [2.75, 3.05) is 19.1 Å². The lowest BCUT2D eigenvalue weighted by molar-refractivity contribution is 0.0595. The van der Waals surface area contributed by atoms with Gasteiger partial charge in [0.05, 0.1) is 7.11 Å². The van der Waals surface area contributed by atoms with Crippen molar-refractivity contribution in [2.45, 2.75) is 6.54 Å². The highest BCUT2D eigenvalue weighted by Gasteiger charge is 2.13. The third kappa shape index (κ3) is 2.87. The number of esters is 1. The van der Waals surface area contributed by atoms with Crippen molar-refractivity contribution < 1.29 is 9.53 Å². The van der Waals surface area contributed by atoms with Crippen LogP contribution < -0.4 is 4.90 Å². The van der Waals surface area contributed by atoms with E-state index in [-0.39, 0.29) is 0 Å². The molecule has 0 fully saturated rings. The van der Waals surface area contributed by atoms with Crippen molar-refractivity contribution >= 4 is 22.4 Å². The van der Waals surface area contributed by atoms with E-state index in [1.165, 1.54) is 24.0 Å². The number of anilines is 1. The molecular formula is C13H14N2O2S. The largest absolute Gasteiger partial charge is 0.464 e. The van der Waals surface area contributed by atoms with Gasteiger partial charge in [0.2, 0.25) is 0 Å². The van der Waals surface area contributed by atoms with Crippen LogP contribution in [0.2, 0.25) is 0 Å². The number of hydrogen-bond acceptors (Lipinski definition) is 5. The molecule has 1 aromatic heterocycles. The van der Waals surface area contributed by atoms with Gasteiger partial charge in [0, 0.05) is 19.0 Å². The number of carbonyl (C=O) groups is 1. The van der Waals surface area contributed by atoms with Gasteiger partial charge in [-0.15, -0.1) is 11.3 Å². The Bertz CT molecular complexity index is 525. The van der Waals surface area contributed by atoms with Crippen molar-refractivity contribution in [2.24, 2.45) is 0 Å². The summed E-state index contributed by atoms with van der Waals surface area (Å²) in [5.74, 6) is -0.398. The van der Waals surface area contributed by atoms with Crippen LogP contribution in [0.15, 0.2) is 35.7 Å². The highest BCUT2D eigenvalue weighted by Crippen LogP contribution is 2.21. The molecule has 4 nitrogen and oxygen atoms in total. The molecule has 0 amide bonds. The minimum Gasteiger partial charge on any atom is -0.464 e. The lowest BCUT2D eigenvalue weighted by Crippen LogP contribution is -2.16. The van der Waals surface area contributed by atoms with Crippen molar-refractivity contribution in [1.82, 2.24) is 4.98 Å². The Kier molecular flexibility index (Phi) is 3.94. The minimum atomic E-state index is -0.398. The van der Waals surface area contributed by atoms with Crippen LogP contribution in [0, 0.1) is 0 Å². The van der Waals surface area contributed by atoms with E-state index in [0.29, 0.717) is 5.69 Å². The summed E-state index contributed by atoms with van der Waals surface area (Å²) in [5, 5.41) is 2.52. The minimum absolute atomic E-state index is 0.359. The van der Waals surface area contributed by atoms with E-state index in [9.17, 15) is 4.79 Å². The van der Waals surface area contributed by atoms with E-state index < -0.39 is 5.97 Å². The second kappa shape index (κ2) is 5.64. The van der Waals surface area contributed by atoms with E-state index in [1.807, 2.05) is 30.1 Å². The Hall–Kier alpha value is -1.88. The quantitative estimate of drug-likeness (QED) is 0.794. The van der Waals surface area contributed by atoms with Gasteiger partial charge in [0.25, 0.3) is 0 Å². The summed E-state index contributed by atoms with van der Waals surface area (Å²) in [6, 6.07) is 10.1. The highest BCUT2D eigenvalue weighted by molar-refractivity contribution is 7.13. The van der Waals surface area contributed by atoms with E-state index in [4.69, 9.17) is 0 Å². The Morgan fingerprint density at radius 1 is 1.39 bits per heavy atom. The summed E-state index contributed by atoms with van der Waals surface area (Å²) in [7, 11) is 3.31. The van der Waals surface area contributed by atoms with Gasteiger partial charge in [-0.25, -0.2) is 9.78 Å². The fraction of sp³-hybridized carbons (Fsp3) is 0.231. The Morgan fingerprint density at radius 2 is 2.11 bits per heavy atom. The smallest absolute Gasteiger partial charge is 0.357 e. The zero-order chi connectivity index (χ0) is 13.0. The normalized spacial score (nSPS) is 10.1. The zero-order valence-corrected chi connectivity index (χ0v) is 11.1. The predicted molar refractivity (Wildman–Crippen MR) is 72.0 cm³/mol. The molecule has 1 aromatic carbocycles. The number of ether oxygens (including phenoxy) is 1. The van der Waals surface area contributed by atoms with Gasteiger partial charge in [-0.05, 0) is 5.56 Å². The van der Waals surface area contributed by atoms with Crippen LogP contribution in [0.5, 0.6) is 0 Å². The molecule has 0 spiro atoms. The molecule has 0 aliphatic carbocycles. The van der Waals surface area contributed by atoms with Crippen LogP contribution >= 0.6 is 11.3 Å². The maximum absolute atomic E-state index is 11.3. The second-order valence-corrected chi connectivity index (χ2v) is 4.69. The summed E-state index contributed by atoms with van der Waals surface area (Å²) < 4.78 is 4.63. The lowest BCUT2D eigenvalue weighted by atomic mass is 10.2. The summed E-state index contributed by atoms with van der Waals surface area (Å²) in [5.41, 5.74) is 1.56. The van der Waals surface area contributed by atoms with Gasteiger partial charge in [-0.2, -0.15) is 0 Å². The number of benzene rings is 1. The van der Waals surface area contributed by atoms with Crippen LogP contribution in [0.4, 0.5) is 5.13 Å². The van der Waals surface area contributed by atoms with E-state index in [0.717, 1.165) is 11.7 Å². The first kappa shape index (κ1) is 12.6. The summed E-state index contributed by atoms with van der Waals surface area (Å²) in [6.45, 7) is 0.759. The maximum Gasteiger partial charge on any atom is 0.357 e. The van der Waals surface area contributed by atoms with Crippen molar-refractivity contribution in [1.29, 1.82) is 0 Å². The number of aromatic nitrogens is 1. The number of carbonyl (C=O) groups excluding carboxylic acids is 1. The first-order valence-electron chi connectivity index (χ1n) is 5.49. The summed E-state index contributed by atoms with van der Waals surface area (Å²) in [4.78, 5) is 17.6. The van der Waals surface area contributed by atoms with Crippen LogP contribution in [0.1, 0.15) is 16.1 Å². The molecule has 2 aromatic rings. The third-order valence-electron chi connectivity index (χ3n) is 2.48.